The van der Waals surface area contributed by atoms with Gasteiger partial charge in [0.2, 0.25) is 0 Å². The van der Waals surface area contributed by atoms with Crippen molar-refractivity contribution in [2.45, 2.75) is 50.2 Å². The number of nitrogens with one attached hydrogen (secondary N) is 1. The Morgan fingerprint density at radius 2 is 1.88 bits per heavy atom. The lowest BCUT2D eigenvalue weighted by molar-refractivity contribution is -0.0563. The van der Waals surface area contributed by atoms with E-state index in [1.165, 1.54) is 0 Å². The van der Waals surface area contributed by atoms with Crippen LogP contribution < -0.4 is 11.1 Å². The Balaban J connectivity index is 1.67. The van der Waals surface area contributed by atoms with E-state index < -0.39 is 5.60 Å². The number of rotatable bonds is 11. The summed E-state index contributed by atoms with van der Waals surface area (Å²) in [7, 11) is 1.70. The molecule has 3 atom stereocenters. The van der Waals surface area contributed by atoms with Crippen LogP contribution in [0.4, 0.5) is 4.79 Å². The van der Waals surface area contributed by atoms with Crippen LogP contribution in [0.25, 0.3) is 0 Å². The first kappa shape index (κ1) is 25.2. The van der Waals surface area contributed by atoms with E-state index in [4.69, 9.17) is 10.5 Å². The van der Waals surface area contributed by atoms with Crippen LogP contribution in [0.3, 0.4) is 0 Å². The number of carbonyl (C=O) groups is 1. The maximum atomic E-state index is 13.1. The van der Waals surface area contributed by atoms with Crippen molar-refractivity contribution in [3.8, 4) is 0 Å². The molecule has 0 spiro atoms. The zero-order valence-electron chi connectivity index (χ0n) is 19.8. The first-order valence-electron chi connectivity index (χ1n) is 12.1. The second-order valence-corrected chi connectivity index (χ2v) is 9.10. The fourth-order valence-corrected chi connectivity index (χ4v) is 4.86. The van der Waals surface area contributed by atoms with E-state index in [0.717, 1.165) is 36.8 Å². The average Bonchev–Trinajstić information content (AvgIpc) is 2.87. The molecule has 1 heterocycles. The average molecular weight is 454 g/mol. The number of ether oxygens (including phenoxy) is 1. The van der Waals surface area contributed by atoms with Crippen molar-refractivity contribution in [2.75, 3.05) is 33.4 Å². The molecule has 1 aliphatic rings. The Kier molecular flexibility index (Phi) is 9.73. The van der Waals surface area contributed by atoms with Gasteiger partial charge in [-0.2, -0.15) is 0 Å². The van der Waals surface area contributed by atoms with Crippen LogP contribution in [0.15, 0.2) is 60.7 Å². The van der Waals surface area contributed by atoms with Crippen molar-refractivity contribution in [3.63, 3.8) is 0 Å². The number of aliphatic hydroxyl groups is 1. The molecule has 0 radical (unpaired) electrons. The molecule has 2 aromatic carbocycles. The molecule has 1 fully saturated rings. The molecular formula is C27H39N3O3. The van der Waals surface area contributed by atoms with Crippen molar-refractivity contribution < 1.29 is 14.6 Å². The van der Waals surface area contributed by atoms with Gasteiger partial charge in [0.05, 0.1) is 5.60 Å². The molecule has 0 aliphatic carbocycles. The summed E-state index contributed by atoms with van der Waals surface area (Å²) in [6.07, 6.45) is 4.89. The standard InChI is InChI=1S/C27H39N3O3/c1-33-18-9-8-16-27(32,23-13-6-3-7-14-23)24-15-10-17-30(21-24)26(31)29-25(20-28)19-22-11-4-2-5-12-22/h2-7,11-14,24-25,32H,8-10,15-21,28H2,1H3,(H,29,31). The van der Waals surface area contributed by atoms with E-state index in [0.29, 0.717) is 39.1 Å². The fraction of sp³-hybridized carbons (Fsp3) is 0.519. The molecule has 2 aromatic rings. The zero-order chi connectivity index (χ0) is 23.5. The Morgan fingerprint density at radius 3 is 2.55 bits per heavy atom. The third kappa shape index (κ3) is 7.03. The van der Waals surface area contributed by atoms with Gasteiger partial charge in [0.1, 0.15) is 0 Å². The van der Waals surface area contributed by atoms with E-state index in [9.17, 15) is 9.90 Å². The summed E-state index contributed by atoms with van der Waals surface area (Å²) in [6.45, 7) is 2.29. The van der Waals surface area contributed by atoms with Crippen molar-refractivity contribution >= 4 is 6.03 Å². The lowest BCUT2D eigenvalue weighted by Crippen LogP contribution is -2.54. The second-order valence-electron chi connectivity index (χ2n) is 9.10. The molecule has 6 heteroatoms. The highest BCUT2D eigenvalue weighted by atomic mass is 16.5. The molecule has 0 saturated carbocycles. The molecule has 6 nitrogen and oxygen atoms in total. The monoisotopic (exact) mass is 453 g/mol. The molecule has 3 rings (SSSR count). The van der Waals surface area contributed by atoms with Crippen LogP contribution in [0.1, 0.15) is 43.2 Å². The number of hydrogen-bond acceptors (Lipinski definition) is 4. The minimum Gasteiger partial charge on any atom is -0.385 e. The molecule has 1 aliphatic heterocycles. The minimum atomic E-state index is -0.967. The minimum absolute atomic E-state index is 0.0209. The van der Waals surface area contributed by atoms with E-state index >= 15 is 0 Å². The van der Waals surface area contributed by atoms with E-state index in [1.54, 1.807) is 7.11 Å². The smallest absolute Gasteiger partial charge is 0.317 e. The van der Waals surface area contributed by atoms with Gasteiger partial charge in [-0.1, -0.05) is 60.7 Å². The number of urea groups is 1. The molecular weight excluding hydrogens is 414 g/mol. The predicted molar refractivity (Wildman–Crippen MR) is 132 cm³/mol. The van der Waals surface area contributed by atoms with Crippen molar-refractivity contribution in [1.82, 2.24) is 10.2 Å². The van der Waals surface area contributed by atoms with Gasteiger partial charge in [-0.3, -0.25) is 0 Å². The number of methoxy groups -OCH3 is 1. The Bertz CT molecular complexity index is 833. The SMILES string of the molecule is COCCCCC(O)(c1ccccc1)C1CCCN(C(=O)NC(CN)Cc2ccccc2)C1. The largest absolute Gasteiger partial charge is 0.385 e. The number of hydrogen-bond donors (Lipinski definition) is 3. The Morgan fingerprint density at radius 1 is 1.18 bits per heavy atom. The summed E-state index contributed by atoms with van der Waals surface area (Å²) in [4.78, 5) is 15.0. The van der Waals surface area contributed by atoms with Crippen LogP contribution >= 0.6 is 0 Å². The van der Waals surface area contributed by atoms with Crippen LogP contribution in [-0.4, -0.2) is 55.4 Å². The van der Waals surface area contributed by atoms with Crippen LogP contribution in [0.2, 0.25) is 0 Å². The maximum absolute atomic E-state index is 13.1. The van der Waals surface area contributed by atoms with Gasteiger partial charge >= 0.3 is 6.03 Å². The summed E-state index contributed by atoms with van der Waals surface area (Å²) in [6, 6.07) is 19.8. The molecule has 33 heavy (non-hydrogen) atoms. The van der Waals surface area contributed by atoms with Gasteiger partial charge in [-0.05, 0) is 49.7 Å². The van der Waals surface area contributed by atoms with E-state index in [1.807, 2.05) is 53.4 Å². The number of carbonyl (C=O) groups excluding carboxylic acids is 1. The van der Waals surface area contributed by atoms with Crippen molar-refractivity contribution in [1.29, 1.82) is 0 Å². The van der Waals surface area contributed by atoms with Crippen LogP contribution in [0.5, 0.6) is 0 Å². The van der Waals surface area contributed by atoms with E-state index in [-0.39, 0.29) is 18.0 Å². The van der Waals surface area contributed by atoms with Gasteiger partial charge < -0.3 is 25.8 Å². The normalized spacial score (nSPS) is 19.0. The quantitative estimate of drug-likeness (QED) is 0.453. The topological polar surface area (TPSA) is 87.8 Å². The fourth-order valence-electron chi connectivity index (χ4n) is 4.86. The Hall–Kier alpha value is -2.41. The number of benzene rings is 2. The summed E-state index contributed by atoms with van der Waals surface area (Å²) in [5.41, 5.74) is 7.08. The zero-order valence-corrected chi connectivity index (χ0v) is 19.8. The highest BCUT2D eigenvalue weighted by Gasteiger charge is 2.41. The number of unbranched alkanes of at least 4 members (excludes halogenated alkanes) is 1. The number of nitrogens with zero attached hydrogens (tertiary/aromatic N) is 1. The van der Waals surface area contributed by atoms with E-state index in [2.05, 4.69) is 17.4 Å². The first-order chi connectivity index (χ1) is 16.1. The molecule has 4 N–H and O–H groups in total. The maximum Gasteiger partial charge on any atom is 0.317 e. The van der Waals surface area contributed by atoms with Gasteiger partial charge in [0, 0.05) is 45.3 Å². The second kappa shape index (κ2) is 12.7. The number of piperidine rings is 1. The molecule has 0 aromatic heterocycles. The number of amides is 2. The van der Waals surface area contributed by atoms with Gasteiger partial charge in [0.25, 0.3) is 0 Å². The summed E-state index contributed by atoms with van der Waals surface area (Å²) >= 11 is 0. The van der Waals surface area contributed by atoms with Crippen molar-refractivity contribution in [3.05, 3.63) is 71.8 Å². The lowest BCUT2D eigenvalue weighted by Gasteiger charge is -2.43. The first-order valence-corrected chi connectivity index (χ1v) is 12.1. The highest BCUT2D eigenvalue weighted by Crippen LogP contribution is 2.39. The third-order valence-corrected chi connectivity index (χ3v) is 6.75. The molecule has 180 valence electrons. The molecule has 2 amide bonds. The van der Waals surface area contributed by atoms with Crippen molar-refractivity contribution in [2.24, 2.45) is 11.7 Å². The summed E-state index contributed by atoms with van der Waals surface area (Å²) in [5, 5.41) is 15.0. The van der Waals surface area contributed by atoms with Gasteiger partial charge in [-0.15, -0.1) is 0 Å². The molecule has 3 unspecified atom stereocenters. The predicted octanol–water partition coefficient (Wildman–Crippen LogP) is 3.68. The lowest BCUT2D eigenvalue weighted by atomic mass is 9.74. The summed E-state index contributed by atoms with van der Waals surface area (Å²) < 4.78 is 5.19. The van der Waals surface area contributed by atoms with Gasteiger partial charge in [0.15, 0.2) is 0 Å². The Labute approximate surface area is 198 Å². The number of nitrogens with two attached hydrogens (primary N) is 1. The summed E-state index contributed by atoms with van der Waals surface area (Å²) in [5.74, 6) is -0.0209. The highest BCUT2D eigenvalue weighted by molar-refractivity contribution is 5.74. The number of likely N-dealkylation sites (tertiary alicyclic amines) is 1. The van der Waals surface area contributed by atoms with Crippen LogP contribution in [0, 0.1) is 5.92 Å². The molecule has 1 saturated heterocycles. The third-order valence-electron chi connectivity index (χ3n) is 6.75. The van der Waals surface area contributed by atoms with Gasteiger partial charge in [-0.25, -0.2) is 4.79 Å². The van der Waals surface area contributed by atoms with Crippen LogP contribution in [-0.2, 0) is 16.8 Å². The molecule has 0 bridgehead atoms.